The number of carbonyl (C=O) groups is 1. The molecule has 1 heterocycles. The van der Waals surface area contributed by atoms with Gasteiger partial charge in [0.15, 0.2) is 0 Å². The lowest BCUT2D eigenvalue weighted by Crippen LogP contribution is -2.44. The molecule has 4 atom stereocenters. The number of pyridine rings is 1. The first kappa shape index (κ1) is 12.6. The molecule has 1 aromatic rings. The monoisotopic (exact) mass is 259 g/mol. The molecule has 0 spiro atoms. The second-order valence-electron chi connectivity index (χ2n) is 6.05. The predicted molar refractivity (Wildman–Crippen MR) is 74.6 cm³/mol. The van der Waals surface area contributed by atoms with Crippen molar-refractivity contribution in [2.45, 2.75) is 39.2 Å². The van der Waals surface area contributed by atoms with Crippen LogP contribution in [-0.2, 0) is 4.79 Å². The van der Waals surface area contributed by atoms with E-state index >= 15 is 0 Å². The first-order valence-corrected chi connectivity index (χ1v) is 7.05. The van der Waals surface area contributed by atoms with Crippen LogP contribution in [0, 0.1) is 31.6 Å². The number of aromatic nitrogens is 1. The fraction of sp³-hybridized carbons (Fsp3) is 0.600. The molecule has 3 rings (SSSR count). The van der Waals surface area contributed by atoms with Gasteiger partial charge in [0.2, 0.25) is 5.91 Å². The average molecular weight is 259 g/mol. The Morgan fingerprint density at radius 2 is 2.16 bits per heavy atom. The highest BCUT2D eigenvalue weighted by Gasteiger charge is 2.47. The molecular weight excluding hydrogens is 238 g/mol. The van der Waals surface area contributed by atoms with Crippen molar-refractivity contribution in [3.8, 4) is 0 Å². The standard InChI is InChI=1S/C15H21N3O/c1-8-9(2)17-4-3-14(8)18-15(19)11-5-10-7-13(16)12(10)6-11/h3-4,10-13H,5-7,16H2,1-2H3,(H,17,18,19)/t10-,11?,12-,13+/m1/s1. The summed E-state index contributed by atoms with van der Waals surface area (Å²) in [6.45, 7) is 3.95. The lowest BCUT2D eigenvalue weighted by molar-refractivity contribution is -0.119. The van der Waals surface area contributed by atoms with E-state index in [0.29, 0.717) is 17.9 Å². The van der Waals surface area contributed by atoms with Crippen molar-refractivity contribution in [3.63, 3.8) is 0 Å². The summed E-state index contributed by atoms with van der Waals surface area (Å²) in [5, 5.41) is 3.06. The van der Waals surface area contributed by atoms with Crippen LogP contribution in [0.5, 0.6) is 0 Å². The van der Waals surface area contributed by atoms with E-state index in [1.165, 1.54) is 0 Å². The number of nitrogens with two attached hydrogens (primary N) is 1. The molecule has 102 valence electrons. The Morgan fingerprint density at radius 3 is 2.84 bits per heavy atom. The third kappa shape index (κ3) is 2.14. The topological polar surface area (TPSA) is 68.0 Å². The van der Waals surface area contributed by atoms with Gasteiger partial charge in [-0.1, -0.05) is 0 Å². The van der Waals surface area contributed by atoms with Crippen molar-refractivity contribution in [3.05, 3.63) is 23.5 Å². The second kappa shape index (κ2) is 4.60. The molecule has 2 aliphatic carbocycles. The Balaban J connectivity index is 1.67. The molecule has 2 fully saturated rings. The smallest absolute Gasteiger partial charge is 0.227 e. The normalized spacial score (nSPS) is 32.6. The summed E-state index contributed by atoms with van der Waals surface area (Å²) in [6.07, 6.45) is 4.81. The Morgan fingerprint density at radius 1 is 1.37 bits per heavy atom. The van der Waals surface area contributed by atoms with Gasteiger partial charge >= 0.3 is 0 Å². The molecule has 1 unspecified atom stereocenters. The zero-order chi connectivity index (χ0) is 13.6. The van der Waals surface area contributed by atoms with Gasteiger partial charge in [-0.15, -0.1) is 0 Å². The Kier molecular flexibility index (Phi) is 3.05. The molecule has 1 aromatic heterocycles. The van der Waals surface area contributed by atoms with Gasteiger partial charge in [0.25, 0.3) is 0 Å². The fourth-order valence-electron chi connectivity index (χ4n) is 3.51. The molecule has 19 heavy (non-hydrogen) atoms. The number of amides is 1. The summed E-state index contributed by atoms with van der Waals surface area (Å²) in [5.41, 5.74) is 8.89. The number of aryl methyl sites for hydroxylation is 1. The maximum Gasteiger partial charge on any atom is 0.227 e. The van der Waals surface area contributed by atoms with Gasteiger partial charge < -0.3 is 11.1 Å². The lowest BCUT2D eigenvalue weighted by Gasteiger charge is -2.37. The molecule has 2 aliphatic rings. The van der Waals surface area contributed by atoms with Crippen LogP contribution < -0.4 is 11.1 Å². The highest BCUT2D eigenvalue weighted by Crippen LogP contribution is 2.49. The largest absolute Gasteiger partial charge is 0.327 e. The van der Waals surface area contributed by atoms with E-state index in [2.05, 4.69) is 10.3 Å². The van der Waals surface area contributed by atoms with Gasteiger partial charge in [-0.2, -0.15) is 0 Å². The summed E-state index contributed by atoms with van der Waals surface area (Å²) in [7, 11) is 0. The van der Waals surface area contributed by atoms with E-state index in [9.17, 15) is 4.79 Å². The molecule has 4 heteroatoms. The summed E-state index contributed by atoms with van der Waals surface area (Å²) in [6, 6.07) is 2.20. The van der Waals surface area contributed by atoms with E-state index in [4.69, 9.17) is 5.73 Å². The number of fused-ring (bicyclic) bond motifs is 1. The van der Waals surface area contributed by atoms with E-state index in [-0.39, 0.29) is 11.8 Å². The van der Waals surface area contributed by atoms with Crippen molar-refractivity contribution in [2.24, 2.45) is 23.5 Å². The van der Waals surface area contributed by atoms with Gasteiger partial charge in [0.1, 0.15) is 0 Å². The van der Waals surface area contributed by atoms with Gasteiger partial charge in [-0.25, -0.2) is 0 Å². The minimum absolute atomic E-state index is 0.136. The molecule has 0 radical (unpaired) electrons. The summed E-state index contributed by atoms with van der Waals surface area (Å²) >= 11 is 0. The third-order valence-electron chi connectivity index (χ3n) is 4.96. The average Bonchev–Trinajstić information content (AvgIpc) is 2.72. The van der Waals surface area contributed by atoms with Crippen molar-refractivity contribution in [1.29, 1.82) is 0 Å². The number of nitrogens with one attached hydrogen (secondary N) is 1. The number of anilines is 1. The maximum atomic E-state index is 12.3. The number of carbonyl (C=O) groups excluding carboxylic acids is 1. The molecular formula is C15H21N3O. The number of hydrogen-bond acceptors (Lipinski definition) is 3. The molecule has 0 saturated heterocycles. The van der Waals surface area contributed by atoms with Crippen LogP contribution in [0.2, 0.25) is 0 Å². The van der Waals surface area contributed by atoms with Gasteiger partial charge in [0, 0.05) is 29.5 Å². The lowest BCUT2D eigenvalue weighted by atomic mass is 9.72. The minimum atomic E-state index is 0.136. The molecule has 0 aliphatic heterocycles. The van der Waals surface area contributed by atoms with Crippen LogP contribution in [0.25, 0.3) is 0 Å². The Labute approximate surface area is 113 Å². The highest BCUT2D eigenvalue weighted by atomic mass is 16.1. The molecule has 0 aromatic carbocycles. The molecule has 1 amide bonds. The Hall–Kier alpha value is -1.42. The van der Waals surface area contributed by atoms with E-state index < -0.39 is 0 Å². The minimum Gasteiger partial charge on any atom is -0.327 e. The molecule has 0 bridgehead atoms. The van der Waals surface area contributed by atoms with E-state index in [1.807, 2.05) is 19.9 Å². The number of nitrogens with zero attached hydrogens (tertiary/aromatic N) is 1. The molecule has 3 N–H and O–H groups in total. The zero-order valence-corrected chi connectivity index (χ0v) is 11.5. The van der Waals surface area contributed by atoms with Crippen molar-refractivity contribution in [1.82, 2.24) is 4.98 Å². The predicted octanol–water partition coefficient (Wildman–Crippen LogP) is 2.01. The van der Waals surface area contributed by atoms with Crippen molar-refractivity contribution < 1.29 is 4.79 Å². The van der Waals surface area contributed by atoms with E-state index in [0.717, 1.165) is 36.2 Å². The van der Waals surface area contributed by atoms with Crippen molar-refractivity contribution in [2.75, 3.05) is 5.32 Å². The summed E-state index contributed by atoms with van der Waals surface area (Å²) in [5.74, 6) is 1.55. The Bertz CT molecular complexity index is 514. The zero-order valence-electron chi connectivity index (χ0n) is 11.5. The van der Waals surface area contributed by atoms with Gasteiger partial charge in [-0.05, 0) is 56.6 Å². The molecule has 4 nitrogen and oxygen atoms in total. The van der Waals surface area contributed by atoms with Crippen molar-refractivity contribution >= 4 is 11.6 Å². The van der Waals surface area contributed by atoms with Crippen LogP contribution in [-0.4, -0.2) is 16.9 Å². The van der Waals surface area contributed by atoms with Crippen LogP contribution >= 0.6 is 0 Å². The summed E-state index contributed by atoms with van der Waals surface area (Å²) in [4.78, 5) is 16.6. The quantitative estimate of drug-likeness (QED) is 0.853. The fourth-order valence-corrected chi connectivity index (χ4v) is 3.51. The highest BCUT2D eigenvalue weighted by molar-refractivity contribution is 5.93. The second-order valence-corrected chi connectivity index (χ2v) is 6.05. The maximum absolute atomic E-state index is 12.3. The van der Waals surface area contributed by atoms with E-state index in [1.54, 1.807) is 6.20 Å². The molecule has 2 saturated carbocycles. The number of rotatable bonds is 2. The van der Waals surface area contributed by atoms with Crippen LogP contribution in [0.15, 0.2) is 12.3 Å². The first-order valence-electron chi connectivity index (χ1n) is 7.05. The SMILES string of the molecule is Cc1nccc(NC(=O)C2C[C@@H]3C[C@H](N)[C@@H]3C2)c1C. The van der Waals surface area contributed by atoms with Crippen LogP contribution in [0.1, 0.15) is 30.5 Å². The van der Waals surface area contributed by atoms with Gasteiger partial charge in [-0.3, -0.25) is 9.78 Å². The van der Waals surface area contributed by atoms with Crippen LogP contribution in [0.3, 0.4) is 0 Å². The number of hydrogen-bond donors (Lipinski definition) is 2. The summed E-state index contributed by atoms with van der Waals surface area (Å²) < 4.78 is 0. The third-order valence-corrected chi connectivity index (χ3v) is 4.96. The van der Waals surface area contributed by atoms with Gasteiger partial charge in [0.05, 0.1) is 0 Å². The van der Waals surface area contributed by atoms with Crippen LogP contribution in [0.4, 0.5) is 5.69 Å². The first-order chi connectivity index (χ1) is 9.06.